The van der Waals surface area contributed by atoms with Crippen LogP contribution in [0.3, 0.4) is 0 Å². The number of halogens is 2. The van der Waals surface area contributed by atoms with Gasteiger partial charge in [-0.2, -0.15) is 0 Å². The number of benzene rings is 3. The van der Waals surface area contributed by atoms with Gasteiger partial charge in [-0.05, 0) is 95.4 Å². The van der Waals surface area contributed by atoms with Gasteiger partial charge in [-0.25, -0.2) is 0 Å². The molecule has 186 valence electrons. The molecule has 0 aliphatic carbocycles. The van der Waals surface area contributed by atoms with E-state index in [4.69, 9.17) is 23.2 Å². The smallest absolute Gasteiger partial charge is 0.152 e. The predicted molar refractivity (Wildman–Crippen MR) is 158 cm³/mol. The van der Waals surface area contributed by atoms with Crippen LogP contribution < -0.4 is 0 Å². The first-order chi connectivity index (χ1) is 17.1. The maximum absolute atomic E-state index is 11.4. The summed E-state index contributed by atoms with van der Waals surface area (Å²) < 4.78 is 0. The normalized spacial score (nSPS) is 13.1. The lowest BCUT2D eigenvalue weighted by molar-refractivity contribution is -0.112. The third-order valence-corrected chi connectivity index (χ3v) is 7.17. The molecule has 0 radical (unpaired) electrons. The Labute approximate surface area is 226 Å². The molecule has 1 nitrogen and oxygen atoms in total. The van der Waals surface area contributed by atoms with Gasteiger partial charge < -0.3 is 0 Å². The third-order valence-electron chi connectivity index (χ3n) is 6.34. The van der Waals surface area contributed by atoms with Gasteiger partial charge in [-0.3, -0.25) is 4.79 Å². The van der Waals surface area contributed by atoms with Crippen molar-refractivity contribution in [2.24, 2.45) is 5.92 Å². The molecule has 3 rings (SSSR count). The van der Waals surface area contributed by atoms with Crippen molar-refractivity contribution in [3.05, 3.63) is 117 Å². The van der Waals surface area contributed by atoms with Gasteiger partial charge in [0.1, 0.15) is 0 Å². The third kappa shape index (κ3) is 6.46. The summed E-state index contributed by atoms with van der Waals surface area (Å²) in [7, 11) is 0. The maximum atomic E-state index is 11.4. The van der Waals surface area contributed by atoms with Crippen LogP contribution in [0, 0.1) is 19.8 Å². The van der Waals surface area contributed by atoms with E-state index in [-0.39, 0.29) is 11.7 Å². The Balaban J connectivity index is 2.37. The van der Waals surface area contributed by atoms with Gasteiger partial charge >= 0.3 is 0 Å². The number of hydrogen-bond acceptors (Lipinski definition) is 1. The van der Waals surface area contributed by atoms with Crippen LogP contribution >= 0.6 is 23.2 Å². The van der Waals surface area contributed by atoms with E-state index in [1.165, 1.54) is 5.57 Å². The van der Waals surface area contributed by atoms with E-state index in [9.17, 15) is 4.79 Å². The fourth-order valence-corrected chi connectivity index (χ4v) is 5.08. The number of allylic oxidation sites excluding steroid dienone is 4. The molecule has 0 saturated carbocycles. The number of hydrogen-bond donors (Lipinski definition) is 0. The summed E-state index contributed by atoms with van der Waals surface area (Å²) in [5.74, 6) is 0.209. The molecule has 3 aromatic carbocycles. The van der Waals surface area contributed by atoms with Gasteiger partial charge in [0.2, 0.25) is 0 Å². The Morgan fingerprint density at radius 1 is 0.917 bits per heavy atom. The van der Waals surface area contributed by atoms with E-state index < -0.39 is 0 Å². The molecule has 3 aromatic rings. The van der Waals surface area contributed by atoms with Crippen LogP contribution in [0.5, 0.6) is 0 Å². The first kappa shape index (κ1) is 27.7. The molecule has 0 aliphatic heterocycles. The van der Waals surface area contributed by atoms with Crippen molar-refractivity contribution in [3.8, 4) is 0 Å². The zero-order chi connectivity index (χ0) is 26.4. The van der Waals surface area contributed by atoms with Crippen LogP contribution in [-0.4, -0.2) is 5.78 Å². The molecule has 0 saturated heterocycles. The van der Waals surface area contributed by atoms with Crippen molar-refractivity contribution >= 4 is 51.2 Å². The van der Waals surface area contributed by atoms with Gasteiger partial charge in [0.25, 0.3) is 0 Å². The highest BCUT2D eigenvalue weighted by atomic mass is 35.5. The Morgan fingerprint density at radius 2 is 1.56 bits per heavy atom. The molecule has 0 bridgehead atoms. The van der Waals surface area contributed by atoms with E-state index in [0.29, 0.717) is 0 Å². The molecule has 0 atom stereocenters. The number of ketones is 1. The summed E-state index contributed by atoms with van der Waals surface area (Å²) in [4.78, 5) is 11.4. The monoisotopic (exact) mass is 516 g/mol. The van der Waals surface area contributed by atoms with Crippen molar-refractivity contribution in [2.45, 2.75) is 48.0 Å². The highest BCUT2D eigenvalue weighted by Crippen LogP contribution is 2.43. The van der Waals surface area contributed by atoms with Gasteiger partial charge in [0.05, 0.1) is 5.03 Å². The molecule has 3 heteroatoms. The summed E-state index contributed by atoms with van der Waals surface area (Å²) in [6, 6.07) is 22.8. The van der Waals surface area contributed by atoms with Crippen molar-refractivity contribution in [1.82, 2.24) is 0 Å². The van der Waals surface area contributed by atoms with Crippen LogP contribution in [0.25, 0.3) is 22.3 Å². The number of carbonyl (C=O) groups excluding carboxylic acids is 1. The Bertz CT molecular complexity index is 1340. The molecule has 36 heavy (non-hydrogen) atoms. The SMILES string of the molecule is CC/C(=C(\C(=C(/Cl)c1ccccc1C)C(C)C)c1ccc(/C=C/C(C)=O)cc1)c1ccc(Cl)c(C)c1. The molecule has 0 fully saturated rings. The second-order valence-electron chi connectivity index (χ2n) is 9.43. The van der Waals surface area contributed by atoms with Crippen molar-refractivity contribution in [1.29, 1.82) is 0 Å². The van der Waals surface area contributed by atoms with Crippen molar-refractivity contribution in [3.63, 3.8) is 0 Å². The summed E-state index contributed by atoms with van der Waals surface area (Å²) in [5.41, 5.74) is 9.92. The van der Waals surface area contributed by atoms with Crippen LogP contribution in [-0.2, 0) is 4.79 Å². The molecular formula is C33H34Cl2O. The fraction of sp³-hybridized carbons (Fsp3) is 0.242. The first-order valence-electron chi connectivity index (χ1n) is 12.4. The molecule has 0 unspecified atom stereocenters. The Morgan fingerprint density at radius 3 is 2.11 bits per heavy atom. The van der Waals surface area contributed by atoms with E-state index >= 15 is 0 Å². The van der Waals surface area contributed by atoms with E-state index in [0.717, 1.165) is 61.0 Å². The molecule has 0 heterocycles. The van der Waals surface area contributed by atoms with E-state index in [2.05, 4.69) is 76.2 Å². The highest BCUT2D eigenvalue weighted by molar-refractivity contribution is 6.50. The lowest BCUT2D eigenvalue weighted by Gasteiger charge is -2.24. The number of rotatable bonds is 8. The van der Waals surface area contributed by atoms with E-state index in [1.54, 1.807) is 13.0 Å². The summed E-state index contributed by atoms with van der Waals surface area (Å²) in [5, 5.41) is 1.53. The minimum atomic E-state index is 0.0288. The summed E-state index contributed by atoms with van der Waals surface area (Å²) >= 11 is 13.6. The second kappa shape index (κ2) is 12.4. The largest absolute Gasteiger partial charge is 0.295 e. The fourth-order valence-electron chi connectivity index (χ4n) is 4.44. The minimum Gasteiger partial charge on any atom is -0.295 e. The van der Waals surface area contributed by atoms with Crippen LogP contribution in [0.1, 0.15) is 67.5 Å². The average Bonchev–Trinajstić information content (AvgIpc) is 2.85. The summed E-state index contributed by atoms with van der Waals surface area (Å²) in [6.07, 6.45) is 4.27. The topological polar surface area (TPSA) is 17.1 Å². The minimum absolute atomic E-state index is 0.0288. The quantitative estimate of drug-likeness (QED) is 0.165. The van der Waals surface area contributed by atoms with Crippen molar-refractivity contribution in [2.75, 3.05) is 0 Å². The van der Waals surface area contributed by atoms with Gasteiger partial charge in [-0.1, -0.05) is 111 Å². The van der Waals surface area contributed by atoms with Crippen molar-refractivity contribution < 1.29 is 4.79 Å². The Kier molecular flexibility index (Phi) is 9.54. The lowest BCUT2D eigenvalue weighted by atomic mass is 9.82. The van der Waals surface area contributed by atoms with Crippen LogP contribution in [0.2, 0.25) is 5.02 Å². The van der Waals surface area contributed by atoms with E-state index in [1.807, 2.05) is 31.2 Å². The molecule has 0 N–H and O–H groups in total. The predicted octanol–water partition coefficient (Wildman–Crippen LogP) is 10.2. The molecule has 0 amide bonds. The van der Waals surface area contributed by atoms with Gasteiger partial charge in [0, 0.05) is 5.02 Å². The van der Waals surface area contributed by atoms with Gasteiger partial charge in [-0.15, -0.1) is 0 Å². The summed E-state index contributed by atoms with van der Waals surface area (Å²) in [6.45, 7) is 12.3. The van der Waals surface area contributed by atoms with Crippen LogP contribution in [0.4, 0.5) is 0 Å². The number of carbonyl (C=O) groups is 1. The Hall–Kier alpha value is -2.87. The molecule has 0 spiro atoms. The zero-order valence-electron chi connectivity index (χ0n) is 22.0. The highest BCUT2D eigenvalue weighted by Gasteiger charge is 2.22. The zero-order valence-corrected chi connectivity index (χ0v) is 23.5. The standard InChI is InChI=1S/C33H34Cl2O/c1-7-28(27-18-19-30(34)23(5)20-27)32(26-16-14-25(15-17-26)13-12-24(6)36)31(21(2)3)33(35)29-11-9-8-10-22(29)4/h8-21H,7H2,1-6H3/b13-12+,32-28+,33-31-. The van der Waals surface area contributed by atoms with Gasteiger partial charge in [0.15, 0.2) is 5.78 Å². The average molecular weight is 518 g/mol. The molecule has 0 aliphatic rings. The molecular weight excluding hydrogens is 483 g/mol. The lowest BCUT2D eigenvalue weighted by Crippen LogP contribution is -2.05. The maximum Gasteiger partial charge on any atom is 0.152 e. The molecule has 0 aromatic heterocycles. The van der Waals surface area contributed by atoms with Crippen LogP contribution in [0.15, 0.2) is 78.4 Å². The second-order valence-corrected chi connectivity index (χ2v) is 10.2. The first-order valence-corrected chi connectivity index (χ1v) is 13.1. The number of aryl methyl sites for hydroxylation is 2.